The van der Waals surface area contributed by atoms with Crippen LogP contribution in [-0.4, -0.2) is 66.6 Å². The number of benzene rings is 1. The fraction of sp³-hybridized carbons (Fsp3) is 0.500. The summed E-state index contributed by atoms with van der Waals surface area (Å²) in [6.07, 6.45) is 1.23. The molecule has 0 spiro atoms. The van der Waals surface area contributed by atoms with Gasteiger partial charge in [-0.05, 0) is 51.2 Å². The number of aliphatic carboxylic acids is 1. The van der Waals surface area contributed by atoms with Crippen molar-refractivity contribution in [2.75, 3.05) is 27.7 Å². The Balaban J connectivity index is 2.18. The third-order valence-electron chi connectivity index (χ3n) is 4.19. The number of rotatable bonds is 4. The first-order valence-corrected chi connectivity index (χ1v) is 7.28. The van der Waals surface area contributed by atoms with E-state index in [9.17, 15) is 14.7 Å². The van der Waals surface area contributed by atoms with Gasteiger partial charge in [-0.1, -0.05) is 0 Å². The quantitative estimate of drug-likeness (QED) is 0.908. The van der Waals surface area contributed by atoms with Gasteiger partial charge in [0, 0.05) is 18.2 Å². The number of carboxylic acid groups (broad SMARTS) is 1. The summed E-state index contributed by atoms with van der Waals surface area (Å²) >= 11 is 0. The van der Waals surface area contributed by atoms with Crippen LogP contribution < -0.4 is 4.74 Å². The first-order chi connectivity index (χ1) is 10.4. The molecule has 1 aromatic rings. The van der Waals surface area contributed by atoms with Crippen LogP contribution in [0.25, 0.3) is 0 Å². The van der Waals surface area contributed by atoms with Gasteiger partial charge in [0.25, 0.3) is 5.91 Å². The molecular formula is C16H22N2O4. The van der Waals surface area contributed by atoms with Crippen LogP contribution in [-0.2, 0) is 4.79 Å². The maximum absolute atomic E-state index is 12.6. The standard InChI is InChI=1S/C16H22N2O4/c1-17(2)12-8-9-18(14(10-12)16(20)21)15(19)11-4-6-13(22-3)7-5-11/h4-7,12,14H,8-10H2,1-3H3,(H,20,21). The number of piperidine rings is 1. The number of carbonyl (C=O) groups is 2. The SMILES string of the molecule is COc1ccc(C(=O)N2CCC(N(C)C)CC2C(=O)O)cc1. The van der Waals surface area contributed by atoms with Gasteiger partial charge < -0.3 is 19.6 Å². The highest BCUT2D eigenvalue weighted by Crippen LogP contribution is 2.23. The van der Waals surface area contributed by atoms with Crippen LogP contribution in [0.5, 0.6) is 5.75 Å². The Labute approximate surface area is 130 Å². The number of hydrogen-bond donors (Lipinski definition) is 1. The zero-order valence-corrected chi connectivity index (χ0v) is 13.2. The summed E-state index contributed by atoms with van der Waals surface area (Å²) in [4.78, 5) is 27.6. The van der Waals surface area contributed by atoms with Gasteiger partial charge in [0.1, 0.15) is 11.8 Å². The summed E-state index contributed by atoms with van der Waals surface area (Å²) in [7, 11) is 5.43. The number of amides is 1. The van der Waals surface area contributed by atoms with Gasteiger partial charge in [0.05, 0.1) is 7.11 Å². The first kappa shape index (κ1) is 16.3. The predicted molar refractivity (Wildman–Crippen MR) is 82.2 cm³/mol. The van der Waals surface area contributed by atoms with Crippen LogP contribution in [0.4, 0.5) is 0 Å². The molecule has 0 radical (unpaired) electrons. The summed E-state index contributed by atoms with van der Waals surface area (Å²) < 4.78 is 5.07. The fourth-order valence-corrected chi connectivity index (χ4v) is 2.79. The number of hydrogen-bond acceptors (Lipinski definition) is 4. The molecule has 0 saturated carbocycles. The van der Waals surface area contributed by atoms with E-state index in [1.165, 1.54) is 4.90 Å². The van der Waals surface area contributed by atoms with Crippen molar-refractivity contribution in [3.8, 4) is 5.75 Å². The number of likely N-dealkylation sites (tertiary alicyclic amines) is 1. The lowest BCUT2D eigenvalue weighted by Gasteiger charge is -2.39. The first-order valence-electron chi connectivity index (χ1n) is 7.28. The van der Waals surface area contributed by atoms with Crippen molar-refractivity contribution in [1.29, 1.82) is 0 Å². The molecule has 6 nitrogen and oxygen atoms in total. The topological polar surface area (TPSA) is 70.1 Å². The Bertz CT molecular complexity index is 542. The molecule has 0 bridgehead atoms. The minimum Gasteiger partial charge on any atom is -0.497 e. The van der Waals surface area contributed by atoms with Crippen molar-refractivity contribution in [2.45, 2.75) is 24.9 Å². The molecule has 0 aromatic heterocycles. The van der Waals surface area contributed by atoms with E-state index < -0.39 is 12.0 Å². The number of nitrogens with zero attached hydrogens (tertiary/aromatic N) is 2. The van der Waals surface area contributed by atoms with Gasteiger partial charge in [-0.2, -0.15) is 0 Å². The van der Waals surface area contributed by atoms with Gasteiger partial charge >= 0.3 is 5.97 Å². The molecule has 1 heterocycles. The van der Waals surface area contributed by atoms with Crippen molar-refractivity contribution in [1.82, 2.24) is 9.80 Å². The second-order valence-corrected chi connectivity index (χ2v) is 5.72. The van der Waals surface area contributed by atoms with Gasteiger partial charge in [0.2, 0.25) is 0 Å². The van der Waals surface area contributed by atoms with Crippen molar-refractivity contribution in [2.24, 2.45) is 0 Å². The molecular weight excluding hydrogens is 284 g/mol. The summed E-state index contributed by atoms with van der Waals surface area (Å²) in [6, 6.07) is 6.14. The Morgan fingerprint density at radius 1 is 1.27 bits per heavy atom. The van der Waals surface area contributed by atoms with Crippen molar-refractivity contribution < 1.29 is 19.4 Å². The maximum Gasteiger partial charge on any atom is 0.326 e. The molecule has 1 aromatic carbocycles. The Morgan fingerprint density at radius 3 is 2.41 bits per heavy atom. The smallest absolute Gasteiger partial charge is 0.326 e. The zero-order valence-electron chi connectivity index (χ0n) is 13.2. The molecule has 2 rings (SSSR count). The molecule has 1 fully saturated rings. The molecule has 1 aliphatic rings. The van der Waals surface area contributed by atoms with Gasteiger partial charge in [-0.15, -0.1) is 0 Å². The second kappa shape index (κ2) is 6.79. The van der Waals surface area contributed by atoms with Gasteiger partial charge in [-0.3, -0.25) is 4.79 Å². The fourth-order valence-electron chi connectivity index (χ4n) is 2.79. The van der Waals surface area contributed by atoms with E-state index in [1.807, 2.05) is 19.0 Å². The molecule has 6 heteroatoms. The number of carbonyl (C=O) groups excluding carboxylic acids is 1. The van der Waals surface area contributed by atoms with Crippen molar-refractivity contribution >= 4 is 11.9 Å². The lowest BCUT2D eigenvalue weighted by molar-refractivity contribution is -0.144. The van der Waals surface area contributed by atoms with Crippen molar-refractivity contribution in [3.05, 3.63) is 29.8 Å². The average molecular weight is 306 g/mol. The third-order valence-corrected chi connectivity index (χ3v) is 4.19. The van der Waals surface area contributed by atoms with E-state index in [2.05, 4.69) is 0 Å². The van der Waals surface area contributed by atoms with E-state index in [4.69, 9.17) is 4.74 Å². The second-order valence-electron chi connectivity index (χ2n) is 5.72. The van der Waals surface area contributed by atoms with E-state index in [-0.39, 0.29) is 11.9 Å². The monoisotopic (exact) mass is 306 g/mol. The van der Waals surface area contributed by atoms with Gasteiger partial charge in [0.15, 0.2) is 0 Å². The number of carboxylic acids is 1. The minimum absolute atomic E-state index is 0.181. The molecule has 1 saturated heterocycles. The van der Waals surface area contributed by atoms with E-state index in [0.717, 1.165) is 6.42 Å². The minimum atomic E-state index is -0.951. The van der Waals surface area contributed by atoms with Crippen molar-refractivity contribution in [3.63, 3.8) is 0 Å². The highest BCUT2D eigenvalue weighted by molar-refractivity contribution is 5.96. The van der Waals surface area contributed by atoms with E-state index >= 15 is 0 Å². The molecule has 1 N–H and O–H groups in total. The predicted octanol–water partition coefficient (Wildman–Crippen LogP) is 1.31. The highest BCUT2D eigenvalue weighted by Gasteiger charge is 2.37. The number of methoxy groups -OCH3 is 1. The molecule has 0 aliphatic carbocycles. The summed E-state index contributed by atoms with van der Waals surface area (Å²) in [5, 5.41) is 9.45. The van der Waals surface area contributed by atoms with Crippen LogP contribution in [0.2, 0.25) is 0 Å². The molecule has 2 atom stereocenters. The largest absolute Gasteiger partial charge is 0.497 e. The summed E-state index contributed by atoms with van der Waals surface area (Å²) in [5.41, 5.74) is 0.482. The van der Waals surface area contributed by atoms with Crippen LogP contribution in [0.3, 0.4) is 0 Å². The average Bonchev–Trinajstić information content (AvgIpc) is 2.53. The van der Waals surface area contributed by atoms with Crippen LogP contribution in [0.1, 0.15) is 23.2 Å². The van der Waals surface area contributed by atoms with Crippen LogP contribution >= 0.6 is 0 Å². The normalized spacial score (nSPS) is 21.7. The molecule has 1 amide bonds. The molecule has 120 valence electrons. The zero-order chi connectivity index (χ0) is 16.3. The van der Waals surface area contributed by atoms with Crippen LogP contribution in [0, 0.1) is 0 Å². The third kappa shape index (κ3) is 3.39. The molecule has 1 aliphatic heterocycles. The maximum atomic E-state index is 12.6. The lowest BCUT2D eigenvalue weighted by atomic mass is 9.95. The number of ether oxygens (including phenoxy) is 1. The van der Waals surface area contributed by atoms with E-state index in [1.54, 1.807) is 31.4 Å². The van der Waals surface area contributed by atoms with E-state index in [0.29, 0.717) is 24.3 Å². The Hall–Kier alpha value is -2.08. The summed E-state index contributed by atoms with van der Waals surface area (Å²) in [6.45, 7) is 0.449. The molecule has 2 unspecified atom stereocenters. The summed E-state index contributed by atoms with van der Waals surface area (Å²) in [5.74, 6) is -0.529. The lowest BCUT2D eigenvalue weighted by Crippen LogP contribution is -2.53. The Kier molecular flexibility index (Phi) is 5.03. The van der Waals surface area contributed by atoms with Crippen LogP contribution in [0.15, 0.2) is 24.3 Å². The van der Waals surface area contributed by atoms with Gasteiger partial charge in [-0.25, -0.2) is 4.79 Å². The highest BCUT2D eigenvalue weighted by atomic mass is 16.5. The molecule has 22 heavy (non-hydrogen) atoms. The Morgan fingerprint density at radius 2 is 1.91 bits per heavy atom.